The number of ketones is 2. The van der Waals surface area contributed by atoms with Gasteiger partial charge in [0.25, 0.3) is 0 Å². The molecule has 2 aromatic carbocycles. The predicted molar refractivity (Wildman–Crippen MR) is 109 cm³/mol. The molecule has 1 aliphatic carbocycles. The Labute approximate surface area is 162 Å². The monoisotopic (exact) mass is 381 g/mol. The molecule has 0 aliphatic heterocycles. The van der Waals surface area contributed by atoms with Crippen molar-refractivity contribution in [3.63, 3.8) is 0 Å². The number of alkyl halides is 1. The topological polar surface area (TPSA) is 84.5 Å². The number of carbonyl (C=O) groups excluding carboxylic acids is 2. The zero-order valence-electron chi connectivity index (χ0n) is 14.7. The van der Waals surface area contributed by atoms with Crippen molar-refractivity contribution in [2.24, 2.45) is 10.7 Å². The van der Waals surface area contributed by atoms with Crippen molar-refractivity contribution in [2.75, 3.05) is 11.2 Å². The lowest BCUT2D eigenvalue weighted by molar-refractivity contribution is -0.115. The van der Waals surface area contributed by atoms with Crippen LogP contribution in [0, 0.1) is 0 Å². The van der Waals surface area contributed by atoms with Crippen LogP contribution in [0.1, 0.15) is 35.2 Å². The predicted octanol–water partition coefficient (Wildman–Crippen LogP) is 4.19. The van der Waals surface area contributed by atoms with Crippen molar-refractivity contribution in [1.82, 2.24) is 0 Å². The number of halogens is 1. The fraction of sp³-hybridized carbons (Fsp3) is 0.190. The molecule has 0 unspecified atom stereocenters. The first kappa shape index (κ1) is 18.9. The first-order valence-corrected chi connectivity index (χ1v) is 9.23. The van der Waals surface area contributed by atoms with E-state index in [4.69, 9.17) is 17.3 Å². The minimum Gasteiger partial charge on any atom is -0.386 e. The first-order valence-electron chi connectivity index (χ1n) is 8.70. The number of anilines is 1. The van der Waals surface area contributed by atoms with Gasteiger partial charge < -0.3 is 11.1 Å². The molecule has 0 bridgehead atoms. The molecule has 0 atom stereocenters. The molecule has 0 saturated carbocycles. The van der Waals surface area contributed by atoms with E-state index < -0.39 is 0 Å². The van der Waals surface area contributed by atoms with Gasteiger partial charge in [0, 0.05) is 29.3 Å². The third kappa shape index (κ3) is 4.83. The van der Waals surface area contributed by atoms with Crippen molar-refractivity contribution in [2.45, 2.75) is 19.3 Å². The summed E-state index contributed by atoms with van der Waals surface area (Å²) in [6.45, 7) is 0. The van der Waals surface area contributed by atoms with Gasteiger partial charge in [0.15, 0.2) is 11.6 Å². The molecule has 0 heterocycles. The van der Waals surface area contributed by atoms with E-state index >= 15 is 0 Å². The Balaban J connectivity index is 1.98. The lowest BCUT2D eigenvalue weighted by atomic mass is 10.0. The Morgan fingerprint density at radius 2 is 1.89 bits per heavy atom. The van der Waals surface area contributed by atoms with E-state index in [1.807, 2.05) is 18.2 Å². The Hall–Kier alpha value is -2.92. The zero-order chi connectivity index (χ0) is 19.2. The van der Waals surface area contributed by atoms with E-state index in [9.17, 15) is 9.59 Å². The third-order valence-electron chi connectivity index (χ3n) is 4.20. The van der Waals surface area contributed by atoms with Crippen LogP contribution in [0.2, 0.25) is 0 Å². The summed E-state index contributed by atoms with van der Waals surface area (Å²) in [5, 5.41) is 3.24. The number of nitrogens with two attached hydrogens (primary N) is 1. The first-order chi connectivity index (χ1) is 13.1. The maximum atomic E-state index is 12.8. The lowest BCUT2D eigenvalue weighted by Gasteiger charge is -2.17. The summed E-state index contributed by atoms with van der Waals surface area (Å²) in [5.41, 5.74) is 8.88. The van der Waals surface area contributed by atoms with Gasteiger partial charge in [-0.3, -0.25) is 9.59 Å². The van der Waals surface area contributed by atoms with Gasteiger partial charge in [-0.1, -0.05) is 30.3 Å². The normalized spacial score (nSPS) is 14.6. The molecule has 0 saturated heterocycles. The Morgan fingerprint density at radius 3 is 2.59 bits per heavy atom. The van der Waals surface area contributed by atoms with E-state index in [1.54, 1.807) is 36.4 Å². The molecular formula is C21H20ClN3O2. The second kappa shape index (κ2) is 8.64. The highest BCUT2D eigenvalue weighted by atomic mass is 35.5. The van der Waals surface area contributed by atoms with E-state index in [0.717, 1.165) is 18.5 Å². The van der Waals surface area contributed by atoms with Gasteiger partial charge in [0.05, 0.1) is 17.3 Å². The summed E-state index contributed by atoms with van der Waals surface area (Å²) in [6.07, 6.45) is 3.72. The van der Waals surface area contributed by atoms with Crippen LogP contribution in [-0.4, -0.2) is 23.3 Å². The average Bonchev–Trinajstić information content (AvgIpc) is 2.69. The van der Waals surface area contributed by atoms with E-state index in [2.05, 4.69) is 10.3 Å². The van der Waals surface area contributed by atoms with Gasteiger partial charge in [-0.25, -0.2) is 4.99 Å². The molecule has 138 valence electrons. The number of benzene rings is 2. The number of hydrogen-bond donors (Lipinski definition) is 2. The van der Waals surface area contributed by atoms with Crippen LogP contribution < -0.4 is 11.1 Å². The molecule has 1 aliphatic rings. The van der Waals surface area contributed by atoms with Gasteiger partial charge in [0.1, 0.15) is 5.84 Å². The SMILES string of the molecule is NC(CCl)=Nc1ccc(C(=O)c2ccccc2)cc1NC1=CC(=O)CCC1. The number of allylic oxidation sites excluding steroid dienone is 2. The van der Waals surface area contributed by atoms with Crippen LogP contribution in [0.5, 0.6) is 0 Å². The zero-order valence-corrected chi connectivity index (χ0v) is 15.5. The molecule has 0 aromatic heterocycles. The van der Waals surface area contributed by atoms with Crippen molar-refractivity contribution in [3.8, 4) is 0 Å². The smallest absolute Gasteiger partial charge is 0.193 e. The summed E-state index contributed by atoms with van der Waals surface area (Å²) in [6, 6.07) is 14.2. The van der Waals surface area contributed by atoms with Crippen molar-refractivity contribution in [3.05, 3.63) is 71.4 Å². The molecule has 0 amide bonds. The van der Waals surface area contributed by atoms with Gasteiger partial charge in [0.2, 0.25) is 0 Å². The number of nitrogens with zero attached hydrogens (tertiary/aromatic N) is 1. The van der Waals surface area contributed by atoms with Crippen LogP contribution in [0.3, 0.4) is 0 Å². The minimum absolute atomic E-state index is 0.0885. The molecule has 27 heavy (non-hydrogen) atoms. The quantitative estimate of drug-likeness (QED) is 0.340. The van der Waals surface area contributed by atoms with Gasteiger partial charge in [-0.2, -0.15) is 0 Å². The molecule has 5 nitrogen and oxygen atoms in total. The summed E-state index contributed by atoms with van der Waals surface area (Å²) < 4.78 is 0. The fourth-order valence-corrected chi connectivity index (χ4v) is 2.94. The van der Waals surface area contributed by atoms with Gasteiger partial charge in [-0.15, -0.1) is 11.6 Å². The Kier molecular flexibility index (Phi) is 6.04. The van der Waals surface area contributed by atoms with Crippen LogP contribution in [0.15, 0.2) is 65.3 Å². The summed E-state index contributed by atoms with van der Waals surface area (Å²) in [5.74, 6) is 0.375. The van der Waals surface area contributed by atoms with Crippen LogP contribution in [0.25, 0.3) is 0 Å². The molecule has 6 heteroatoms. The molecule has 2 aromatic rings. The van der Waals surface area contributed by atoms with Crippen molar-refractivity contribution >= 4 is 40.4 Å². The standard InChI is InChI=1S/C21H20ClN3O2/c22-13-20(23)25-18-10-9-15(21(27)14-5-2-1-3-6-14)11-19(18)24-16-7-4-8-17(26)12-16/h1-3,5-6,9-12,24H,4,7-8,13H2,(H2,23,25). The highest BCUT2D eigenvalue weighted by Gasteiger charge is 2.15. The maximum absolute atomic E-state index is 12.8. The lowest BCUT2D eigenvalue weighted by Crippen LogP contribution is -2.13. The second-order valence-corrected chi connectivity index (χ2v) is 6.55. The Bertz CT molecular complexity index is 920. The molecular weight excluding hydrogens is 362 g/mol. The summed E-state index contributed by atoms with van der Waals surface area (Å²) >= 11 is 5.74. The number of hydrogen-bond acceptors (Lipinski definition) is 4. The maximum Gasteiger partial charge on any atom is 0.193 e. The highest BCUT2D eigenvalue weighted by Crippen LogP contribution is 2.30. The number of amidine groups is 1. The van der Waals surface area contributed by atoms with Crippen molar-refractivity contribution in [1.29, 1.82) is 0 Å². The minimum atomic E-state index is -0.0896. The third-order valence-corrected chi connectivity index (χ3v) is 4.47. The van der Waals surface area contributed by atoms with E-state index in [-0.39, 0.29) is 23.3 Å². The average molecular weight is 382 g/mol. The molecule has 0 fully saturated rings. The highest BCUT2D eigenvalue weighted by molar-refractivity contribution is 6.28. The number of carbonyl (C=O) groups is 2. The Morgan fingerprint density at radius 1 is 1.11 bits per heavy atom. The second-order valence-electron chi connectivity index (χ2n) is 6.28. The summed E-state index contributed by atoms with van der Waals surface area (Å²) in [4.78, 5) is 28.8. The largest absolute Gasteiger partial charge is 0.386 e. The van der Waals surface area contributed by atoms with Gasteiger partial charge >= 0.3 is 0 Å². The van der Waals surface area contributed by atoms with Crippen LogP contribution in [-0.2, 0) is 4.79 Å². The molecule has 0 radical (unpaired) electrons. The molecule has 0 spiro atoms. The number of aliphatic imine (C=N–C) groups is 1. The number of rotatable bonds is 6. The number of nitrogens with one attached hydrogen (secondary N) is 1. The molecule has 3 N–H and O–H groups in total. The fourth-order valence-electron chi connectivity index (χ4n) is 2.88. The summed E-state index contributed by atoms with van der Waals surface area (Å²) in [7, 11) is 0. The van der Waals surface area contributed by atoms with Crippen LogP contribution in [0.4, 0.5) is 11.4 Å². The van der Waals surface area contributed by atoms with E-state index in [0.29, 0.717) is 28.9 Å². The van der Waals surface area contributed by atoms with Crippen LogP contribution >= 0.6 is 11.6 Å². The van der Waals surface area contributed by atoms with Crippen molar-refractivity contribution < 1.29 is 9.59 Å². The van der Waals surface area contributed by atoms with E-state index in [1.165, 1.54) is 0 Å². The molecule has 3 rings (SSSR count). The van der Waals surface area contributed by atoms with Gasteiger partial charge in [-0.05, 0) is 31.0 Å².